The van der Waals surface area contributed by atoms with Crippen LogP contribution in [0.2, 0.25) is 0 Å². The summed E-state index contributed by atoms with van der Waals surface area (Å²) in [6, 6.07) is 3.01. The third kappa shape index (κ3) is 3.12. The molecule has 1 aromatic rings. The number of pyridine rings is 1. The molecule has 0 aliphatic carbocycles. The van der Waals surface area contributed by atoms with Gasteiger partial charge in [0.25, 0.3) is 0 Å². The number of rotatable bonds is 2. The lowest BCUT2D eigenvalue weighted by Gasteiger charge is -2.08. The van der Waals surface area contributed by atoms with Crippen molar-refractivity contribution in [3.8, 4) is 0 Å². The monoisotopic (exact) mass is 224 g/mol. The minimum absolute atomic E-state index is 0.196. The van der Waals surface area contributed by atoms with Crippen LogP contribution in [-0.4, -0.2) is 24.1 Å². The molecule has 0 aromatic carbocycles. The van der Waals surface area contributed by atoms with Crippen LogP contribution in [0.3, 0.4) is 0 Å². The van der Waals surface area contributed by atoms with Gasteiger partial charge in [0, 0.05) is 6.92 Å². The van der Waals surface area contributed by atoms with Crippen molar-refractivity contribution in [3.63, 3.8) is 0 Å². The van der Waals surface area contributed by atoms with Crippen LogP contribution in [0.25, 0.3) is 0 Å². The number of nitrogens with zero attached hydrogens (tertiary/aromatic N) is 1. The molecule has 0 fully saturated rings. The van der Waals surface area contributed by atoms with Gasteiger partial charge in [0.15, 0.2) is 5.82 Å². The Hall–Kier alpha value is -2.31. The van der Waals surface area contributed by atoms with Crippen LogP contribution in [0.15, 0.2) is 12.1 Å². The predicted molar refractivity (Wildman–Crippen MR) is 59.0 cm³/mol. The van der Waals surface area contributed by atoms with Gasteiger partial charge in [0.1, 0.15) is 5.82 Å². The van der Waals surface area contributed by atoms with E-state index in [9.17, 15) is 9.59 Å². The molecule has 1 rings (SSSR count). The third-order valence-corrected chi connectivity index (χ3v) is 1.64. The summed E-state index contributed by atoms with van der Waals surface area (Å²) in [4.78, 5) is 25.7. The average molecular weight is 224 g/mol. The van der Waals surface area contributed by atoms with E-state index in [-0.39, 0.29) is 17.5 Å². The van der Waals surface area contributed by atoms with Crippen molar-refractivity contribution in [1.29, 1.82) is 0 Å². The van der Waals surface area contributed by atoms with Gasteiger partial charge >= 0.3 is 6.09 Å². The van der Waals surface area contributed by atoms with Gasteiger partial charge in [0.05, 0.1) is 12.8 Å². The number of nitrogens with one attached hydrogen (secondary N) is 2. The Labute approximate surface area is 92.0 Å². The zero-order chi connectivity index (χ0) is 12.1. The molecule has 0 saturated heterocycles. The summed E-state index contributed by atoms with van der Waals surface area (Å²) in [6.07, 6.45) is -0.647. The standard InChI is InChI=1S/C9H12N4O3/c1-5(14)11-8-6(10)3-4-7(12-8)13-9(15)16-2/h3-4H,10H2,1-2H3,(H2,11,12,13,14,15). The number of amides is 2. The second-order valence-electron chi connectivity index (χ2n) is 2.93. The van der Waals surface area contributed by atoms with E-state index in [0.29, 0.717) is 5.69 Å². The normalized spacial score (nSPS) is 9.38. The van der Waals surface area contributed by atoms with Gasteiger partial charge in [-0.15, -0.1) is 0 Å². The Morgan fingerprint density at radius 3 is 2.62 bits per heavy atom. The molecule has 7 heteroatoms. The van der Waals surface area contributed by atoms with Crippen molar-refractivity contribution in [2.75, 3.05) is 23.5 Å². The highest BCUT2D eigenvalue weighted by atomic mass is 16.5. The van der Waals surface area contributed by atoms with E-state index < -0.39 is 6.09 Å². The van der Waals surface area contributed by atoms with Crippen molar-refractivity contribution < 1.29 is 14.3 Å². The lowest BCUT2D eigenvalue weighted by molar-refractivity contribution is -0.114. The number of nitrogen functional groups attached to an aromatic ring is 1. The van der Waals surface area contributed by atoms with E-state index >= 15 is 0 Å². The summed E-state index contributed by atoms with van der Waals surface area (Å²) in [5.41, 5.74) is 5.89. The van der Waals surface area contributed by atoms with Crippen molar-refractivity contribution in [2.45, 2.75) is 6.92 Å². The first-order valence-corrected chi connectivity index (χ1v) is 4.42. The summed E-state index contributed by atoms with van der Waals surface area (Å²) in [5, 5.41) is 4.79. The summed E-state index contributed by atoms with van der Waals surface area (Å²) >= 11 is 0. The fraction of sp³-hybridized carbons (Fsp3) is 0.222. The molecule has 0 unspecified atom stereocenters. The van der Waals surface area contributed by atoms with E-state index in [1.807, 2.05) is 0 Å². The summed E-state index contributed by atoms with van der Waals surface area (Å²) < 4.78 is 4.40. The number of methoxy groups -OCH3 is 1. The maximum Gasteiger partial charge on any atom is 0.412 e. The highest BCUT2D eigenvalue weighted by Crippen LogP contribution is 2.18. The average Bonchev–Trinajstić information content (AvgIpc) is 2.22. The first-order chi connectivity index (χ1) is 7.52. The quantitative estimate of drug-likeness (QED) is 0.688. The Morgan fingerprint density at radius 1 is 1.38 bits per heavy atom. The molecular formula is C9H12N4O3. The highest BCUT2D eigenvalue weighted by molar-refractivity contribution is 5.91. The summed E-state index contributed by atoms with van der Waals surface area (Å²) in [6.45, 7) is 1.33. The van der Waals surface area contributed by atoms with E-state index in [0.717, 1.165) is 0 Å². The van der Waals surface area contributed by atoms with Gasteiger partial charge in [-0.2, -0.15) is 0 Å². The van der Waals surface area contributed by atoms with Crippen LogP contribution in [0.5, 0.6) is 0 Å². The van der Waals surface area contributed by atoms with Crippen LogP contribution in [0.1, 0.15) is 6.92 Å². The SMILES string of the molecule is COC(=O)Nc1ccc(N)c(NC(C)=O)n1. The van der Waals surface area contributed by atoms with Crippen molar-refractivity contribution in [1.82, 2.24) is 4.98 Å². The number of ether oxygens (including phenoxy) is 1. The van der Waals surface area contributed by atoms with Crippen molar-refractivity contribution >= 4 is 29.3 Å². The first kappa shape index (κ1) is 11.8. The Bertz CT molecular complexity index is 419. The number of hydrogen-bond acceptors (Lipinski definition) is 5. The van der Waals surface area contributed by atoms with Gasteiger partial charge in [-0.3, -0.25) is 10.1 Å². The Balaban J connectivity index is 2.88. The molecule has 1 aromatic heterocycles. The van der Waals surface area contributed by atoms with Crippen LogP contribution in [0, 0.1) is 0 Å². The van der Waals surface area contributed by atoms with Gasteiger partial charge in [0.2, 0.25) is 5.91 Å². The van der Waals surface area contributed by atoms with Crippen LogP contribution in [-0.2, 0) is 9.53 Å². The fourth-order valence-electron chi connectivity index (χ4n) is 0.962. The molecule has 16 heavy (non-hydrogen) atoms. The van der Waals surface area contributed by atoms with Gasteiger partial charge < -0.3 is 15.8 Å². The molecular weight excluding hydrogens is 212 g/mol. The smallest absolute Gasteiger partial charge is 0.412 e. The largest absolute Gasteiger partial charge is 0.453 e. The highest BCUT2D eigenvalue weighted by Gasteiger charge is 2.07. The molecule has 0 aliphatic rings. The number of carbonyl (C=O) groups excluding carboxylic acids is 2. The van der Waals surface area contributed by atoms with Gasteiger partial charge in [-0.05, 0) is 12.1 Å². The second-order valence-corrected chi connectivity index (χ2v) is 2.93. The molecule has 0 atom stereocenters. The molecule has 4 N–H and O–H groups in total. The number of carbonyl (C=O) groups is 2. The van der Waals surface area contributed by atoms with Crippen LogP contribution in [0.4, 0.5) is 22.1 Å². The number of aromatic nitrogens is 1. The van der Waals surface area contributed by atoms with Crippen LogP contribution >= 0.6 is 0 Å². The predicted octanol–water partition coefficient (Wildman–Crippen LogP) is 0.800. The second kappa shape index (κ2) is 4.96. The Kier molecular flexibility index (Phi) is 3.65. The zero-order valence-electron chi connectivity index (χ0n) is 8.90. The molecule has 7 nitrogen and oxygen atoms in total. The number of hydrogen-bond donors (Lipinski definition) is 3. The molecule has 0 saturated carbocycles. The molecule has 86 valence electrons. The van der Waals surface area contributed by atoms with Crippen molar-refractivity contribution in [2.24, 2.45) is 0 Å². The van der Waals surface area contributed by atoms with E-state index in [4.69, 9.17) is 5.73 Å². The van der Waals surface area contributed by atoms with E-state index in [1.165, 1.54) is 26.2 Å². The zero-order valence-corrected chi connectivity index (χ0v) is 8.90. The number of nitrogens with two attached hydrogens (primary N) is 1. The summed E-state index contributed by atoms with van der Waals surface area (Å²) in [7, 11) is 1.24. The van der Waals surface area contributed by atoms with Gasteiger partial charge in [-0.1, -0.05) is 0 Å². The molecule has 1 heterocycles. The lowest BCUT2D eigenvalue weighted by atomic mass is 10.3. The molecule has 0 aliphatic heterocycles. The Morgan fingerprint density at radius 2 is 2.06 bits per heavy atom. The lowest BCUT2D eigenvalue weighted by Crippen LogP contribution is -2.14. The maximum absolute atomic E-state index is 10.9. The van der Waals surface area contributed by atoms with E-state index in [1.54, 1.807) is 0 Å². The van der Waals surface area contributed by atoms with Gasteiger partial charge in [-0.25, -0.2) is 9.78 Å². The minimum Gasteiger partial charge on any atom is -0.453 e. The minimum atomic E-state index is -0.647. The molecule has 0 spiro atoms. The summed E-state index contributed by atoms with van der Waals surface area (Å²) in [5.74, 6) is 0.139. The molecule has 0 bridgehead atoms. The number of anilines is 3. The fourth-order valence-corrected chi connectivity index (χ4v) is 0.962. The van der Waals surface area contributed by atoms with E-state index in [2.05, 4.69) is 20.4 Å². The first-order valence-electron chi connectivity index (χ1n) is 4.42. The molecule has 0 radical (unpaired) electrons. The third-order valence-electron chi connectivity index (χ3n) is 1.64. The van der Waals surface area contributed by atoms with Crippen molar-refractivity contribution in [3.05, 3.63) is 12.1 Å². The van der Waals surface area contributed by atoms with Crippen LogP contribution < -0.4 is 16.4 Å². The maximum atomic E-state index is 10.9. The topological polar surface area (TPSA) is 106 Å². The molecule has 2 amide bonds.